The third-order valence-electron chi connectivity index (χ3n) is 5.54. The van der Waals surface area contributed by atoms with Gasteiger partial charge in [-0.3, -0.25) is 4.90 Å². The van der Waals surface area contributed by atoms with Crippen molar-refractivity contribution in [3.8, 4) is 5.82 Å². The van der Waals surface area contributed by atoms with Crippen molar-refractivity contribution in [1.82, 2.24) is 25.0 Å². The number of halogens is 1. The average molecular weight is 348 g/mol. The van der Waals surface area contributed by atoms with Gasteiger partial charge in [-0.25, -0.2) is 9.67 Å². The van der Waals surface area contributed by atoms with Gasteiger partial charge in [0.1, 0.15) is 0 Å². The molecule has 2 aliphatic rings. The SMILES string of the molecule is Cc1nn(-c2ccccn2)c(C)c1CN1CCC2(CCNC2)C1.Cl. The lowest BCUT2D eigenvalue weighted by Gasteiger charge is -2.23. The Morgan fingerprint density at radius 1 is 1.25 bits per heavy atom. The summed E-state index contributed by atoms with van der Waals surface area (Å²) in [6.07, 6.45) is 4.48. The quantitative estimate of drug-likeness (QED) is 0.926. The van der Waals surface area contributed by atoms with Crippen molar-refractivity contribution in [3.05, 3.63) is 41.3 Å². The average Bonchev–Trinajstić information content (AvgIpc) is 3.26. The molecule has 0 aliphatic carbocycles. The normalized spacial score (nSPS) is 23.8. The van der Waals surface area contributed by atoms with Crippen LogP contribution in [0.15, 0.2) is 24.4 Å². The predicted molar refractivity (Wildman–Crippen MR) is 97.9 cm³/mol. The molecule has 2 aromatic rings. The second-order valence-electron chi connectivity index (χ2n) is 7.14. The van der Waals surface area contributed by atoms with Gasteiger partial charge in [-0.1, -0.05) is 6.07 Å². The van der Waals surface area contributed by atoms with Crippen LogP contribution < -0.4 is 5.32 Å². The molecule has 24 heavy (non-hydrogen) atoms. The monoisotopic (exact) mass is 347 g/mol. The highest BCUT2D eigenvalue weighted by Crippen LogP contribution is 2.37. The first kappa shape index (κ1) is 17.4. The Kier molecular flexibility index (Phi) is 4.95. The molecular weight excluding hydrogens is 322 g/mol. The van der Waals surface area contributed by atoms with Crippen LogP contribution in [0, 0.1) is 19.3 Å². The van der Waals surface area contributed by atoms with Gasteiger partial charge >= 0.3 is 0 Å². The molecule has 0 amide bonds. The van der Waals surface area contributed by atoms with E-state index in [0.717, 1.165) is 18.1 Å². The standard InChI is InChI=1S/C18H25N5.ClH/c1-14-16(11-22-10-7-18(13-22)6-9-19-12-18)15(2)23(21-14)17-5-3-4-8-20-17;/h3-5,8,19H,6-7,9-13H2,1-2H3;1H. The van der Waals surface area contributed by atoms with Crippen molar-refractivity contribution < 1.29 is 0 Å². The Morgan fingerprint density at radius 2 is 2.12 bits per heavy atom. The van der Waals surface area contributed by atoms with E-state index in [1.54, 1.807) is 0 Å². The number of nitrogens with one attached hydrogen (secondary N) is 1. The topological polar surface area (TPSA) is 46.0 Å². The highest BCUT2D eigenvalue weighted by atomic mass is 35.5. The first-order valence-corrected chi connectivity index (χ1v) is 8.56. The summed E-state index contributed by atoms with van der Waals surface area (Å²) in [4.78, 5) is 7.04. The summed E-state index contributed by atoms with van der Waals surface area (Å²) in [5, 5.41) is 8.26. The van der Waals surface area contributed by atoms with E-state index in [0.29, 0.717) is 5.41 Å². The second kappa shape index (κ2) is 6.82. The number of pyridine rings is 1. The van der Waals surface area contributed by atoms with Gasteiger partial charge in [0.15, 0.2) is 5.82 Å². The van der Waals surface area contributed by atoms with E-state index in [1.807, 2.05) is 29.1 Å². The molecule has 0 saturated carbocycles. The molecule has 1 N–H and O–H groups in total. The van der Waals surface area contributed by atoms with Crippen molar-refractivity contribution in [3.63, 3.8) is 0 Å². The molecule has 1 atom stereocenters. The second-order valence-corrected chi connectivity index (χ2v) is 7.14. The Balaban J connectivity index is 0.00000169. The highest BCUT2D eigenvalue weighted by molar-refractivity contribution is 5.85. The molecule has 2 fully saturated rings. The first-order chi connectivity index (χ1) is 11.2. The molecule has 0 aromatic carbocycles. The van der Waals surface area contributed by atoms with E-state index in [2.05, 4.69) is 29.0 Å². The van der Waals surface area contributed by atoms with E-state index in [4.69, 9.17) is 5.10 Å². The van der Waals surface area contributed by atoms with Gasteiger partial charge in [-0.2, -0.15) is 5.10 Å². The maximum Gasteiger partial charge on any atom is 0.153 e. The van der Waals surface area contributed by atoms with E-state index in [9.17, 15) is 0 Å². The molecule has 4 heterocycles. The van der Waals surface area contributed by atoms with Crippen LogP contribution in [0.25, 0.3) is 5.82 Å². The zero-order valence-corrected chi connectivity index (χ0v) is 15.3. The number of aryl methyl sites for hydroxylation is 1. The lowest BCUT2D eigenvalue weighted by molar-refractivity contribution is 0.268. The zero-order chi connectivity index (χ0) is 15.9. The summed E-state index contributed by atoms with van der Waals surface area (Å²) in [6.45, 7) is 10.1. The Bertz CT molecular complexity index is 691. The summed E-state index contributed by atoms with van der Waals surface area (Å²) >= 11 is 0. The van der Waals surface area contributed by atoms with E-state index >= 15 is 0 Å². The number of nitrogens with zero attached hydrogens (tertiary/aromatic N) is 4. The summed E-state index contributed by atoms with van der Waals surface area (Å²) in [5.41, 5.74) is 4.22. The molecule has 2 aromatic heterocycles. The van der Waals surface area contributed by atoms with Crippen LogP contribution in [0.4, 0.5) is 0 Å². The number of hydrogen-bond donors (Lipinski definition) is 1. The maximum atomic E-state index is 4.73. The van der Waals surface area contributed by atoms with Crippen LogP contribution in [-0.2, 0) is 6.54 Å². The number of hydrogen-bond acceptors (Lipinski definition) is 4. The fraction of sp³-hybridized carbons (Fsp3) is 0.556. The Hall–Kier alpha value is -1.43. The minimum absolute atomic E-state index is 0. The number of likely N-dealkylation sites (tertiary alicyclic amines) is 1. The molecule has 0 bridgehead atoms. The van der Waals surface area contributed by atoms with E-state index in [1.165, 1.54) is 50.3 Å². The minimum Gasteiger partial charge on any atom is -0.316 e. The molecule has 5 nitrogen and oxygen atoms in total. The predicted octanol–water partition coefficient (Wildman–Crippen LogP) is 2.49. The van der Waals surface area contributed by atoms with Crippen LogP contribution in [0.1, 0.15) is 29.8 Å². The summed E-state index contributed by atoms with van der Waals surface area (Å²) in [6, 6.07) is 5.96. The molecule has 4 rings (SSSR count). The van der Waals surface area contributed by atoms with Crippen molar-refractivity contribution in [2.24, 2.45) is 5.41 Å². The summed E-state index contributed by atoms with van der Waals surface area (Å²) in [7, 11) is 0. The lowest BCUT2D eigenvalue weighted by Crippen LogP contribution is -2.29. The molecule has 130 valence electrons. The molecule has 1 unspecified atom stereocenters. The van der Waals surface area contributed by atoms with Crippen molar-refractivity contribution in [2.45, 2.75) is 33.2 Å². The zero-order valence-electron chi connectivity index (χ0n) is 14.5. The van der Waals surface area contributed by atoms with Gasteiger partial charge < -0.3 is 5.32 Å². The Labute approximate surface area is 149 Å². The number of aromatic nitrogens is 3. The highest BCUT2D eigenvalue weighted by Gasteiger charge is 2.40. The smallest absolute Gasteiger partial charge is 0.153 e. The maximum absolute atomic E-state index is 4.73. The third kappa shape index (κ3) is 3.08. The third-order valence-corrected chi connectivity index (χ3v) is 5.54. The van der Waals surface area contributed by atoms with Gasteiger partial charge in [0.05, 0.1) is 5.69 Å². The Morgan fingerprint density at radius 3 is 2.83 bits per heavy atom. The van der Waals surface area contributed by atoms with Crippen LogP contribution in [0.3, 0.4) is 0 Å². The van der Waals surface area contributed by atoms with Crippen molar-refractivity contribution in [2.75, 3.05) is 26.2 Å². The van der Waals surface area contributed by atoms with Gasteiger partial charge in [0.25, 0.3) is 0 Å². The molecule has 6 heteroatoms. The van der Waals surface area contributed by atoms with Crippen LogP contribution in [-0.4, -0.2) is 45.8 Å². The van der Waals surface area contributed by atoms with Crippen LogP contribution >= 0.6 is 12.4 Å². The van der Waals surface area contributed by atoms with Crippen molar-refractivity contribution >= 4 is 12.4 Å². The fourth-order valence-corrected chi connectivity index (χ4v) is 4.14. The summed E-state index contributed by atoms with van der Waals surface area (Å²) in [5.74, 6) is 0.900. The first-order valence-electron chi connectivity index (χ1n) is 8.56. The minimum atomic E-state index is 0. The van der Waals surface area contributed by atoms with E-state index < -0.39 is 0 Å². The molecule has 2 aliphatic heterocycles. The molecule has 2 saturated heterocycles. The van der Waals surface area contributed by atoms with Crippen LogP contribution in [0.2, 0.25) is 0 Å². The van der Waals surface area contributed by atoms with Crippen LogP contribution in [0.5, 0.6) is 0 Å². The molecule has 0 radical (unpaired) electrons. The lowest BCUT2D eigenvalue weighted by atomic mass is 9.86. The van der Waals surface area contributed by atoms with Gasteiger partial charge in [0.2, 0.25) is 0 Å². The van der Waals surface area contributed by atoms with Gasteiger partial charge in [-0.15, -0.1) is 12.4 Å². The van der Waals surface area contributed by atoms with Crippen molar-refractivity contribution in [1.29, 1.82) is 0 Å². The molecule has 1 spiro atoms. The van der Waals surface area contributed by atoms with Gasteiger partial charge in [0, 0.05) is 37.1 Å². The molecular formula is C18H26ClN5. The van der Waals surface area contributed by atoms with Gasteiger partial charge in [-0.05, 0) is 57.3 Å². The van der Waals surface area contributed by atoms with E-state index in [-0.39, 0.29) is 12.4 Å². The largest absolute Gasteiger partial charge is 0.316 e. The number of rotatable bonds is 3. The summed E-state index contributed by atoms with van der Waals surface area (Å²) < 4.78 is 1.98. The fourth-order valence-electron chi connectivity index (χ4n) is 4.14.